The minimum atomic E-state index is -2.80. The molecule has 0 bridgehead atoms. The standard InChI is InChI=1S/C15H17F2NOS/c1-3-18-14(13-8-7-10(2)20-13)11-5-4-6-12(9-11)19-15(16)17/h4-9,14-15,18H,3H2,1-2H3. The minimum Gasteiger partial charge on any atom is -0.435 e. The van der Waals surface area contributed by atoms with E-state index < -0.39 is 6.61 Å². The molecule has 0 aliphatic heterocycles. The number of benzene rings is 1. The molecule has 1 atom stereocenters. The summed E-state index contributed by atoms with van der Waals surface area (Å²) in [6, 6.07) is 11.0. The van der Waals surface area contributed by atoms with Crippen LogP contribution in [-0.2, 0) is 0 Å². The molecule has 0 fully saturated rings. The summed E-state index contributed by atoms with van der Waals surface area (Å²) < 4.78 is 29.1. The van der Waals surface area contributed by atoms with Gasteiger partial charge in [-0.3, -0.25) is 0 Å². The van der Waals surface area contributed by atoms with Crippen molar-refractivity contribution in [3.8, 4) is 5.75 Å². The van der Waals surface area contributed by atoms with Crippen LogP contribution >= 0.6 is 11.3 Å². The van der Waals surface area contributed by atoms with Crippen molar-refractivity contribution < 1.29 is 13.5 Å². The second-order valence-corrected chi connectivity index (χ2v) is 5.71. The fraction of sp³-hybridized carbons (Fsp3) is 0.333. The summed E-state index contributed by atoms with van der Waals surface area (Å²) in [5.74, 6) is 0.189. The Morgan fingerprint density at radius 3 is 2.65 bits per heavy atom. The van der Waals surface area contributed by atoms with Gasteiger partial charge in [0.05, 0.1) is 6.04 Å². The fourth-order valence-corrected chi connectivity index (χ4v) is 3.05. The highest BCUT2D eigenvalue weighted by atomic mass is 32.1. The lowest BCUT2D eigenvalue weighted by atomic mass is 10.0. The Balaban J connectivity index is 2.29. The predicted octanol–water partition coefficient (Wildman–Crippen LogP) is 4.36. The van der Waals surface area contributed by atoms with Crippen LogP contribution in [-0.4, -0.2) is 13.2 Å². The Morgan fingerprint density at radius 2 is 2.05 bits per heavy atom. The van der Waals surface area contributed by atoms with Crippen molar-refractivity contribution in [2.24, 2.45) is 0 Å². The first-order chi connectivity index (χ1) is 9.60. The zero-order chi connectivity index (χ0) is 14.5. The molecule has 108 valence electrons. The van der Waals surface area contributed by atoms with Gasteiger partial charge >= 0.3 is 6.61 Å². The smallest absolute Gasteiger partial charge is 0.387 e. The highest BCUT2D eigenvalue weighted by Gasteiger charge is 2.16. The van der Waals surface area contributed by atoms with Crippen LogP contribution in [0.25, 0.3) is 0 Å². The number of halogens is 2. The number of rotatable bonds is 6. The topological polar surface area (TPSA) is 21.3 Å². The molecule has 1 heterocycles. The lowest BCUT2D eigenvalue weighted by molar-refractivity contribution is -0.0498. The Labute approximate surface area is 121 Å². The summed E-state index contributed by atoms with van der Waals surface area (Å²) in [7, 11) is 0. The van der Waals surface area contributed by atoms with E-state index in [1.807, 2.05) is 19.9 Å². The summed E-state index contributed by atoms with van der Waals surface area (Å²) in [6.07, 6.45) is 0. The Kier molecular flexibility index (Phi) is 5.09. The van der Waals surface area contributed by atoms with Gasteiger partial charge in [-0.15, -0.1) is 11.3 Å². The van der Waals surface area contributed by atoms with Gasteiger partial charge in [0.15, 0.2) is 0 Å². The van der Waals surface area contributed by atoms with Crippen molar-refractivity contribution in [3.05, 3.63) is 51.7 Å². The van der Waals surface area contributed by atoms with Gasteiger partial charge in [-0.25, -0.2) is 0 Å². The van der Waals surface area contributed by atoms with Gasteiger partial charge in [0.2, 0.25) is 0 Å². The second-order valence-electron chi connectivity index (χ2n) is 4.39. The van der Waals surface area contributed by atoms with Crippen LogP contribution in [0.15, 0.2) is 36.4 Å². The third-order valence-corrected chi connectivity index (χ3v) is 3.94. The number of nitrogens with one attached hydrogen (secondary N) is 1. The van der Waals surface area contributed by atoms with Crippen molar-refractivity contribution in [2.75, 3.05) is 6.54 Å². The molecule has 1 aromatic carbocycles. The van der Waals surface area contributed by atoms with Crippen molar-refractivity contribution in [2.45, 2.75) is 26.5 Å². The highest BCUT2D eigenvalue weighted by molar-refractivity contribution is 7.12. The van der Waals surface area contributed by atoms with E-state index in [0.717, 1.165) is 12.1 Å². The van der Waals surface area contributed by atoms with Crippen LogP contribution in [0.1, 0.15) is 28.3 Å². The normalized spacial score (nSPS) is 12.7. The predicted molar refractivity (Wildman–Crippen MR) is 77.6 cm³/mol. The number of hydrogen-bond donors (Lipinski definition) is 1. The molecule has 2 rings (SSSR count). The molecule has 0 amide bonds. The summed E-state index contributed by atoms with van der Waals surface area (Å²) in [5, 5.41) is 3.38. The van der Waals surface area contributed by atoms with Crippen LogP contribution in [0, 0.1) is 6.92 Å². The lowest BCUT2D eigenvalue weighted by Gasteiger charge is -2.18. The number of ether oxygens (including phenoxy) is 1. The van der Waals surface area contributed by atoms with Gasteiger partial charge < -0.3 is 10.1 Å². The molecular formula is C15H17F2NOS. The molecule has 2 nitrogen and oxygen atoms in total. The number of aryl methyl sites for hydroxylation is 1. The van der Waals surface area contributed by atoms with Gasteiger partial charge in [-0.1, -0.05) is 19.1 Å². The molecular weight excluding hydrogens is 280 g/mol. The molecule has 2 aromatic rings. The largest absolute Gasteiger partial charge is 0.435 e. The van der Waals surface area contributed by atoms with Crippen LogP contribution in [0.5, 0.6) is 5.75 Å². The summed E-state index contributed by atoms with van der Waals surface area (Å²) in [6.45, 7) is 2.06. The number of thiophene rings is 1. The van der Waals surface area contributed by atoms with Crippen LogP contribution in [0.2, 0.25) is 0 Å². The van der Waals surface area contributed by atoms with Crippen LogP contribution in [0.3, 0.4) is 0 Å². The van der Waals surface area contributed by atoms with Gasteiger partial charge in [-0.05, 0) is 43.3 Å². The van der Waals surface area contributed by atoms with Gasteiger partial charge in [0.25, 0.3) is 0 Å². The monoisotopic (exact) mass is 297 g/mol. The van der Waals surface area contributed by atoms with Crippen molar-refractivity contribution in [1.29, 1.82) is 0 Å². The number of hydrogen-bond acceptors (Lipinski definition) is 3. The summed E-state index contributed by atoms with van der Waals surface area (Å²) in [5.41, 5.74) is 0.923. The molecule has 1 N–H and O–H groups in total. The average Bonchev–Trinajstić information content (AvgIpc) is 2.82. The Hall–Kier alpha value is -1.46. The number of alkyl halides is 2. The van der Waals surface area contributed by atoms with E-state index in [1.54, 1.807) is 29.5 Å². The minimum absolute atomic E-state index is 0.0000718. The zero-order valence-corrected chi connectivity index (χ0v) is 12.2. The van der Waals surface area contributed by atoms with E-state index in [9.17, 15) is 8.78 Å². The second kappa shape index (κ2) is 6.81. The van der Waals surface area contributed by atoms with E-state index in [2.05, 4.69) is 22.2 Å². The third-order valence-electron chi connectivity index (χ3n) is 2.87. The van der Waals surface area contributed by atoms with Crippen LogP contribution in [0.4, 0.5) is 8.78 Å². The average molecular weight is 297 g/mol. The molecule has 1 aromatic heterocycles. The van der Waals surface area contributed by atoms with Crippen molar-refractivity contribution in [1.82, 2.24) is 5.32 Å². The molecule has 5 heteroatoms. The first-order valence-corrected chi connectivity index (χ1v) is 7.26. The van der Waals surface area contributed by atoms with Gasteiger partial charge in [-0.2, -0.15) is 8.78 Å². The molecule has 0 spiro atoms. The van der Waals surface area contributed by atoms with Crippen molar-refractivity contribution >= 4 is 11.3 Å². The molecule has 0 saturated heterocycles. The molecule has 0 aliphatic rings. The molecule has 20 heavy (non-hydrogen) atoms. The van der Waals surface area contributed by atoms with Gasteiger partial charge in [0, 0.05) is 9.75 Å². The van der Waals surface area contributed by atoms with E-state index in [1.165, 1.54) is 9.75 Å². The maximum absolute atomic E-state index is 12.3. The Bertz CT molecular complexity index is 556. The SMILES string of the molecule is CCNC(c1cccc(OC(F)F)c1)c1ccc(C)s1. The lowest BCUT2D eigenvalue weighted by Crippen LogP contribution is -2.21. The van der Waals surface area contributed by atoms with E-state index in [-0.39, 0.29) is 11.8 Å². The maximum atomic E-state index is 12.3. The van der Waals surface area contributed by atoms with Crippen LogP contribution < -0.4 is 10.1 Å². The van der Waals surface area contributed by atoms with E-state index >= 15 is 0 Å². The maximum Gasteiger partial charge on any atom is 0.387 e. The van der Waals surface area contributed by atoms with Crippen molar-refractivity contribution in [3.63, 3.8) is 0 Å². The summed E-state index contributed by atoms with van der Waals surface area (Å²) in [4.78, 5) is 2.39. The van der Waals surface area contributed by atoms with E-state index in [4.69, 9.17) is 0 Å². The van der Waals surface area contributed by atoms with E-state index in [0.29, 0.717) is 0 Å². The third kappa shape index (κ3) is 3.77. The zero-order valence-electron chi connectivity index (χ0n) is 11.4. The fourth-order valence-electron chi connectivity index (χ4n) is 2.07. The first-order valence-electron chi connectivity index (χ1n) is 6.44. The van der Waals surface area contributed by atoms with Gasteiger partial charge in [0.1, 0.15) is 5.75 Å². The highest BCUT2D eigenvalue weighted by Crippen LogP contribution is 2.30. The molecule has 1 unspecified atom stereocenters. The first kappa shape index (κ1) is 14.9. The Morgan fingerprint density at radius 1 is 1.25 bits per heavy atom. The molecule has 0 aliphatic carbocycles. The molecule has 0 radical (unpaired) electrons. The summed E-state index contributed by atoms with van der Waals surface area (Å²) >= 11 is 1.70. The quantitative estimate of drug-likeness (QED) is 0.855. The molecule has 0 saturated carbocycles.